The van der Waals surface area contributed by atoms with Crippen LogP contribution in [0.5, 0.6) is 0 Å². The normalized spacial score (nSPS) is 12.2. The van der Waals surface area contributed by atoms with E-state index in [4.69, 9.17) is 11.5 Å². The summed E-state index contributed by atoms with van der Waals surface area (Å²) in [5, 5.41) is 0. The van der Waals surface area contributed by atoms with E-state index in [1.54, 1.807) is 0 Å². The first-order chi connectivity index (χ1) is 3.81. The lowest BCUT2D eigenvalue weighted by Gasteiger charge is -1.78. The van der Waals surface area contributed by atoms with Crippen LogP contribution in [0.3, 0.4) is 0 Å². The quantitative estimate of drug-likeness (QED) is 0.208. The third kappa shape index (κ3) is 2.89. The van der Waals surface area contributed by atoms with Crippen LogP contribution in [0.2, 0.25) is 0 Å². The van der Waals surface area contributed by atoms with Crippen LogP contribution in [-0.4, -0.2) is 12.6 Å². The van der Waals surface area contributed by atoms with Crippen LogP contribution in [0.1, 0.15) is 0 Å². The number of aldehydes is 1. The maximum atomic E-state index is 9.70. The van der Waals surface area contributed by atoms with Gasteiger partial charge in [0.2, 0.25) is 0 Å². The largest absolute Gasteiger partial charge is 0.395 e. The van der Waals surface area contributed by atoms with E-state index in [1.165, 1.54) is 6.20 Å². The molecule has 4 nitrogen and oxygen atoms in total. The first-order valence-electron chi connectivity index (χ1n) is 1.95. The molecule has 0 aliphatic carbocycles. The Labute approximate surface area is 46.9 Å². The van der Waals surface area contributed by atoms with Gasteiger partial charge >= 0.3 is 0 Å². The van der Waals surface area contributed by atoms with Crippen LogP contribution in [-0.2, 0) is 4.79 Å². The van der Waals surface area contributed by atoms with Gasteiger partial charge in [-0.25, -0.2) is 4.99 Å². The molecule has 4 N–H and O–H groups in total. The molecule has 0 unspecified atom stereocenters. The number of nitrogens with two attached hydrogens (primary N) is 2. The van der Waals surface area contributed by atoms with E-state index in [9.17, 15) is 4.79 Å². The van der Waals surface area contributed by atoms with Gasteiger partial charge in [-0.05, 0) is 0 Å². The molecule has 0 aliphatic rings. The Morgan fingerprint density at radius 1 is 1.62 bits per heavy atom. The maximum absolute atomic E-state index is 9.70. The minimum Gasteiger partial charge on any atom is -0.395 e. The summed E-state index contributed by atoms with van der Waals surface area (Å²) in [6, 6.07) is 0. The second-order valence-corrected chi connectivity index (χ2v) is 1.05. The van der Waals surface area contributed by atoms with Gasteiger partial charge in [0.25, 0.3) is 0 Å². The highest BCUT2D eigenvalue weighted by Gasteiger charge is 1.76. The van der Waals surface area contributed by atoms with Crippen molar-refractivity contribution >= 4 is 12.6 Å². The number of hydrogen-bond donors (Lipinski definition) is 2. The van der Waals surface area contributed by atoms with Crippen molar-refractivity contribution in [2.45, 2.75) is 0 Å². The van der Waals surface area contributed by atoms with E-state index in [0.717, 1.165) is 6.34 Å². The lowest BCUT2D eigenvalue weighted by Crippen LogP contribution is -1.97. The van der Waals surface area contributed by atoms with Gasteiger partial charge in [0.05, 0.1) is 18.2 Å². The number of aliphatic imine (C=N–C) groups is 1. The van der Waals surface area contributed by atoms with E-state index in [2.05, 4.69) is 4.99 Å². The highest BCUT2D eigenvalue weighted by Crippen LogP contribution is 1.74. The smallest absolute Gasteiger partial charge is 0.167 e. The highest BCUT2D eigenvalue weighted by molar-refractivity contribution is 5.71. The van der Waals surface area contributed by atoms with Gasteiger partial charge in [-0.1, -0.05) is 0 Å². The molecule has 8 heavy (non-hydrogen) atoms. The van der Waals surface area contributed by atoms with Crippen molar-refractivity contribution < 1.29 is 4.79 Å². The van der Waals surface area contributed by atoms with Crippen molar-refractivity contribution in [2.75, 3.05) is 0 Å². The summed E-state index contributed by atoms with van der Waals surface area (Å²) in [5.41, 5.74) is 9.87. The minimum absolute atomic E-state index is 0.0618. The Hall–Kier alpha value is -1.32. The number of allylic oxidation sites excluding steroid dienone is 1. The Morgan fingerprint density at radius 2 is 2.25 bits per heavy atom. The molecule has 0 rings (SSSR count). The second kappa shape index (κ2) is 3.86. The number of nitrogens with zero attached hydrogens (tertiary/aromatic N) is 1. The van der Waals surface area contributed by atoms with Crippen LogP contribution in [0.25, 0.3) is 0 Å². The first-order valence-corrected chi connectivity index (χ1v) is 1.95. The van der Waals surface area contributed by atoms with E-state index < -0.39 is 0 Å². The lowest BCUT2D eigenvalue weighted by molar-refractivity contribution is -0.104. The molecule has 0 aliphatic heterocycles. The molecule has 44 valence electrons. The van der Waals surface area contributed by atoms with Crippen molar-refractivity contribution in [1.82, 2.24) is 0 Å². The molecular formula is C4H7N3O. The Balaban J connectivity index is 3.74. The predicted octanol–water partition coefficient (Wildman–Crippen LogP) is -1.03. The molecule has 0 fully saturated rings. The standard InChI is InChI=1S/C4H7N3O/c5-3-7-1-4(6)2-8/h1-3H,6H2,(H2,5,7)/b4-1+. The van der Waals surface area contributed by atoms with Crippen LogP contribution in [0.4, 0.5) is 0 Å². The summed E-state index contributed by atoms with van der Waals surface area (Å²) in [5.74, 6) is 0. The van der Waals surface area contributed by atoms with Gasteiger partial charge in [0.1, 0.15) is 0 Å². The third-order valence-corrected chi connectivity index (χ3v) is 0.446. The van der Waals surface area contributed by atoms with Crippen molar-refractivity contribution in [3.63, 3.8) is 0 Å². The van der Waals surface area contributed by atoms with Crippen molar-refractivity contribution in [3.05, 3.63) is 11.9 Å². The Morgan fingerprint density at radius 3 is 2.62 bits per heavy atom. The summed E-state index contributed by atoms with van der Waals surface area (Å²) >= 11 is 0. The van der Waals surface area contributed by atoms with Crippen LogP contribution >= 0.6 is 0 Å². The molecule has 0 spiro atoms. The predicted molar refractivity (Wildman–Crippen MR) is 31.0 cm³/mol. The number of carbonyl (C=O) groups excluding carboxylic acids is 1. The maximum Gasteiger partial charge on any atom is 0.167 e. The Kier molecular flexibility index (Phi) is 3.22. The summed E-state index contributed by atoms with van der Waals surface area (Å²) in [6.45, 7) is 0. The average molecular weight is 113 g/mol. The number of carbonyl (C=O) groups is 1. The fourth-order valence-corrected chi connectivity index (χ4v) is 0.160. The Bertz CT molecular complexity index is 127. The lowest BCUT2D eigenvalue weighted by atomic mass is 10.6. The highest BCUT2D eigenvalue weighted by atomic mass is 16.1. The monoisotopic (exact) mass is 113 g/mol. The summed E-state index contributed by atoms with van der Waals surface area (Å²) in [7, 11) is 0. The van der Waals surface area contributed by atoms with Gasteiger partial charge in [0, 0.05) is 0 Å². The van der Waals surface area contributed by atoms with E-state index >= 15 is 0 Å². The summed E-state index contributed by atoms with van der Waals surface area (Å²) < 4.78 is 0. The zero-order chi connectivity index (χ0) is 6.41. The molecule has 0 saturated heterocycles. The zero-order valence-corrected chi connectivity index (χ0v) is 4.24. The van der Waals surface area contributed by atoms with E-state index in [1.807, 2.05) is 0 Å². The van der Waals surface area contributed by atoms with Gasteiger partial charge in [-0.2, -0.15) is 0 Å². The molecule has 0 amide bonds. The molecule has 0 bridgehead atoms. The van der Waals surface area contributed by atoms with Gasteiger partial charge in [-0.3, -0.25) is 4.79 Å². The molecule has 0 aromatic rings. The molecule has 4 heteroatoms. The van der Waals surface area contributed by atoms with Gasteiger partial charge in [-0.15, -0.1) is 0 Å². The van der Waals surface area contributed by atoms with E-state index in [-0.39, 0.29) is 5.70 Å². The van der Waals surface area contributed by atoms with Crippen molar-refractivity contribution in [2.24, 2.45) is 16.5 Å². The zero-order valence-electron chi connectivity index (χ0n) is 4.24. The molecule has 0 radical (unpaired) electrons. The first kappa shape index (κ1) is 6.68. The molecule has 0 heterocycles. The van der Waals surface area contributed by atoms with Crippen molar-refractivity contribution in [1.29, 1.82) is 0 Å². The van der Waals surface area contributed by atoms with Crippen LogP contribution in [0, 0.1) is 0 Å². The average Bonchev–Trinajstić information content (AvgIpc) is 1.83. The summed E-state index contributed by atoms with van der Waals surface area (Å²) in [4.78, 5) is 13.1. The fraction of sp³-hybridized carbons (Fsp3) is 0. The van der Waals surface area contributed by atoms with Crippen LogP contribution in [0.15, 0.2) is 16.9 Å². The third-order valence-electron chi connectivity index (χ3n) is 0.446. The molecular weight excluding hydrogens is 106 g/mol. The molecule has 0 aromatic heterocycles. The van der Waals surface area contributed by atoms with E-state index in [0.29, 0.717) is 6.29 Å². The summed E-state index contributed by atoms with van der Waals surface area (Å²) in [6.07, 6.45) is 2.72. The fourth-order valence-electron chi connectivity index (χ4n) is 0.160. The second-order valence-electron chi connectivity index (χ2n) is 1.05. The van der Waals surface area contributed by atoms with Gasteiger partial charge < -0.3 is 11.5 Å². The number of hydrogen-bond acceptors (Lipinski definition) is 3. The number of rotatable bonds is 2. The van der Waals surface area contributed by atoms with Crippen molar-refractivity contribution in [3.8, 4) is 0 Å². The minimum atomic E-state index is 0.0618. The molecule has 0 saturated carbocycles. The van der Waals surface area contributed by atoms with Gasteiger partial charge in [0.15, 0.2) is 6.29 Å². The molecule has 0 atom stereocenters. The molecule has 0 aromatic carbocycles. The SMILES string of the molecule is N/C=N/C=C(/N)C=O. The topological polar surface area (TPSA) is 81.5 Å². The van der Waals surface area contributed by atoms with Crippen LogP contribution < -0.4 is 11.5 Å².